The smallest absolute Gasteiger partial charge is 0.338 e. The van der Waals surface area contributed by atoms with Gasteiger partial charge in [-0.3, -0.25) is 0 Å². The van der Waals surface area contributed by atoms with E-state index in [2.05, 4.69) is 20.4 Å². The number of benzene rings is 2. The first-order chi connectivity index (χ1) is 14.3. The molecule has 0 atom stereocenters. The van der Waals surface area contributed by atoms with Crippen molar-refractivity contribution in [1.82, 2.24) is 30.0 Å². The molecule has 0 aliphatic carbocycles. The van der Waals surface area contributed by atoms with E-state index in [4.69, 9.17) is 11.6 Å². The van der Waals surface area contributed by atoms with Crippen molar-refractivity contribution in [1.29, 1.82) is 0 Å². The molecule has 4 aromatic rings. The van der Waals surface area contributed by atoms with E-state index in [0.29, 0.717) is 0 Å². The minimum Gasteiger partial charge on any atom is -0.478 e. The molecule has 0 saturated heterocycles. The second-order valence-electron chi connectivity index (χ2n) is 5.96. The lowest BCUT2D eigenvalue weighted by Crippen LogP contribution is -2.11. The Kier molecular flexibility index (Phi) is 4.72. The van der Waals surface area contributed by atoms with E-state index in [9.17, 15) is 24.2 Å². The summed E-state index contributed by atoms with van der Waals surface area (Å²) in [6.07, 6.45) is 3.82. The Bertz CT molecular complexity index is 1290. The summed E-state index contributed by atoms with van der Waals surface area (Å²) in [7, 11) is 0. The molecule has 0 fully saturated rings. The zero-order valence-corrected chi connectivity index (χ0v) is 15.5. The van der Waals surface area contributed by atoms with Gasteiger partial charge in [-0.15, -0.1) is 9.90 Å². The minimum atomic E-state index is -1.39. The largest absolute Gasteiger partial charge is 0.478 e. The lowest BCUT2D eigenvalue weighted by molar-refractivity contribution is 0.0685. The van der Waals surface area contributed by atoms with E-state index in [0.717, 1.165) is 15.7 Å². The molecule has 2 aromatic carbocycles. The van der Waals surface area contributed by atoms with Crippen LogP contribution in [-0.2, 0) is 0 Å². The molecule has 0 amide bonds. The first kappa shape index (κ1) is 19.2. The Labute approximate surface area is 171 Å². The van der Waals surface area contributed by atoms with E-state index in [1.54, 1.807) is 0 Å². The number of carboxylic acid groups (broad SMARTS) is 2. The van der Waals surface area contributed by atoms with Gasteiger partial charge in [-0.2, -0.15) is 20.1 Å². The van der Waals surface area contributed by atoms with Crippen LogP contribution in [0.3, 0.4) is 0 Å². The first-order valence-corrected chi connectivity index (χ1v) is 8.62. The summed E-state index contributed by atoms with van der Waals surface area (Å²) < 4.78 is 14.8. The number of hydrogen-bond acceptors (Lipinski definition) is 6. The molecule has 0 aliphatic rings. The molecule has 0 bridgehead atoms. The third-order valence-corrected chi connectivity index (χ3v) is 4.34. The van der Waals surface area contributed by atoms with Crippen molar-refractivity contribution < 1.29 is 24.2 Å². The predicted molar refractivity (Wildman–Crippen MR) is 101 cm³/mol. The molecule has 10 nitrogen and oxygen atoms in total. The molecule has 0 saturated carbocycles. The van der Waals surface area contributed by atoms with Gasteiger partial charge in [-0.05, 0) is 30.3 Å². The lowest BCUT2D eigenvalue weighted by atomic mass is 10.1. The molecular formula is C18H10ClFN6O4. The van der Waals surface area contributed by atoms with Crippen LogP contribution in [0.5, 0.6) is 0 Å². The highest BCUT2D eigenvalue weighted by molar-refractivity contribution is 6.30. The van der Waals surface area contributed by atoms with Gasteiger partial charge in [0.2, 0.25) is 0 Å². The van der Waals surface area contributed by atoms with Gasteiger partial charge in [0, 0.05) is 10.6 Å². The van der Waals surface area contributed by atoms with Crippen molar-refractivity contribution in [2.24, 2.45) is 0 Å². The average Bonchev–Trinajstić information content (AvgIpc) is 3.39. The summed E-state index contributed by atoms with van der Waals surface area (Å²) in [5, 5.41) is 34.8. The summed E-state index contributed by atoms with van der Waals surface area (Å²) in [6, 6.07) is 6.35. The predicted octanol–water partition coefficient (Wildman–Crippen LogP) is 2.70. The second kappa shape index (κ2) is 7.37. The number of carboxylic acids is 2. The van der Waals surface area contributed by atoms with Crippen molar-refractivity contribution >= 4 is 23.5 Å². The zero-order valence-electron chi connectivity index (χ0n) is 14.8. The van der Waals surface area contributed by atoms with Gasteiger partial charge in [0.05, 0.1) is 29.7 Å². The van der Waals surface area contributed by atoms with Gasteiger partial charge < -0.3 is 10.2 Å². The molecule has 12 heteroatoms. The quantitative estimate of drug-likeness (QED) is 0.495. The van der Waals surface area contributed by atoms with Crippen LogP contribution in [0.15, 0.2) is 48.9 Å². The molecule has 2 N–H and O–H groups in total. The maximum Gasteiger partial charge on any atom is 0.338 e. The Morgan fingerprint density at radius 3 is 2.30 bits per heavy atom. The van der Waals surface area contributed by atoms with Gasteiger partial charge in [0.1, 0.15) is 17.1 Å². The molecule has 0 radical (unpaired) electrons. The van der Waals surface area contributed by atoms with E-state index >= 15 is 0 Å². The van der Waals surface area contributed by atoms with Crippen LogP contribution in [0.2, 0.25) is 5.02 Å². The van der Waals surface area contributed by atoms with Crippen LogP contribution >= 0.6 is 11.6 Å². The normalized spacial score (nSPS) is 10.9. The van der Waals surface area contributed by atoms with Gasteiger partial charge in [0.15, 0.2) is 5.82 Å². The molecule has 2 aromatic heterocycles. The van der Waals surface area contributed by atoms with Crippen molar-refractivity contribution in [2.45, 2.75) is 0 Å². The van der Waals surface area contributed by atoms with Crippen LogP contribution in [0.1, 0.15) is 20.7 Å². The van der Waals surface area contributed by atoms with E-state index in [-0.39, 0.29) is 38.8 Å². The zero-order chi connectivity index (χ0) is 21.4. The van der Waals surface area contributed by atoms with Crippen molar-refractivity contribution in [3.8, 4) is 22.6 Å². The maximum absolute atomic E-state index is 14.8. The van der Waals surface area contributed by atoms with E-state index in [1.807, 2.05) is 0 Å². The maximum atomic E-state index is 14.8. The van der Waals surface area contributed by atoms with Gasteiger partial charge in [-0.25, -0.2) is 14.0 Å². The Morgan fingerprint density at radius 1 is 0.933 bits per heavy atom. The number of rotatable bonds is 5. The first-order valence-electron chi connectivity index (χ1n) is 8.24. The van der Waals surface area contributed by atoms with Crippen LogP contribution in [0.4, 0.5) is 4.39 Å². The summed E-state index contributed by atoms with van der Waals surface area (Å²) in [4.78, 5) is 25.0. The molecule has 150 valence electrons. The number of aromatic nitrogens is 6. The molecular weight excluding hydrogens is 419 g/mol. The standard InChI is InChI=1S/C18H10ClFN6O4/c19-10-1-2-11(17(27)28)15(7-10)25-23-8-14(24-25)9-5-12(18(29)30)16(13(20)6-9)26-21-3-4-22-26/h1-8H,(H,27,28)(H,29,30). The summed E-state index contributed by atoms with van der Waals surface area (Å²) >= 11 is 5.95. The number of nitrogens with zero attached hydrogens (tertiary/aromatic N) is 6. The highest BCUT2D eigenvalue weighted by Crippen LogP contribution is 2.27. The topological polar surface area (TPSA) is 136 Å². The van der Waals surface area contributed by atoms with Crippen LogP contribution in [0.25, 0.3) is 22.6 Å². The highest BCUT2D eigenvalue weighted by atomic mass is 35.5. The van der Waals surface area contributed by atoms with Gasteiger partial charge in [-0.1, -0.05) is 11.6 Å². The van der Waals surface area contributed by atoms with Crippen molar-refractivity contribution in [3.63, 3.8) is 0 Å². The van der Waals surface area contributed by atoms with Gasteiger partial charge in [0.25, 0.3) is 0 Å². The molecule has 0 aliphatic heterocycles. The molecule has 30 heavy (non-hydrogen) atoms. The number of halogens is 2. The molecule has 0 unspecified atom stereocenters. The summed E-state index contributed by atoms with van der Waals surface area (Å²) in [6.45, 7) is 0. The number of hydrogen-bond donors (Lipinski definition) is 2. The monoisotopic (exact) mass is 428 g/mol. The molecule has 0 spiro atoms. The average molecular weight is 429 g/mol. The highest BCUT2D eigenvalue weighted by Gasteiger charge is 2.22. The number of aromatic carboxylic acids is 2. The second-order valence-corrected chi connectivity index (χ2v) is 6.40. The Morgan fingerprint density at radius 2 is 1.63 bits per heavy atom. The lowest BCUT2D eigenvalue weighted by Gasteiger charge is -2.08. The third-order valence-electron chi connectivity index (χ3n) is 4.11. The van der Waals surface area contributed by atoms with E-state index < -0.39 is 17.8 Å². The SMILES string of the molecule is O=C(O)c1ccc(Cl)cc1-n1ncc(-c2cc(F)c(-n3nccn3)c(C(=O)O)c2)n1. The van der Waals surface area contributed by atoms with Crippen LogP contribution < -0.4 is 0 Å². The fourth-order valence-corrected chi connectivity index (χ4v) is 2.97. The van der Waals surface area contributed by atoms with Crippen molar-refractivity contribution in [3.05, 3.63) is 70.9 Å². The summed E-state index contributed by atoms with van der Waals surface area (Å²) in [5.41, 5.74) is -0.480. The van der Waals surface area contributed by atoms with E-state index in [1.165, 1.54) is 42.9 Å². The summed E-state index contributed by atoms with van der Waals surface area (Å²) in [5.74, 6) is -3.49. The van der Waals surface area contributed by atoms with Crippen molar-refractivity contribution in [2.75, 3.05) is 0 Å². The molecule has 2 heterocycles. The fourth-order valence-electron chi connectivity index (χ4n) is 2.81. The van der Waals surface area contributed by atoms with Crippen LogP contribution in [-0.4, -0.2) is 52.1 Å². The fraction of sp³-hybridized carbons (Fsp3) is 0. The third kappa shape index (κ3) is 3.37. The minimum absolute atomic E-state index is 0.0949. The Balaban J connectivity index is 1.83. The van der Waals surface area contributed by atoms with Gasteiger partial charge >= 0.3 is 11.9 Å². The Hall–Kier alpha value is -4.12. The number of carbonyl (C=O) groups is 2. The molecule has 4 rings (SSSR count). The van der Waals surface area contributed by atoms with Crippen LogP contribution in [0, 0.1) is 5.82 Å².